The number of hydrogen-bond donors (Lipinski definition) is 2. The average Bonchev–Trinajstić information content (AvgIpc) is 2.72. The average molecular weight is 321 g/mol. The molecule has 5 nitrogen and oxygen atoms in total. The van der Waals surface area contributed by atoms with Gasteiger partial charge in [-0.15, -0.1) is 0 Å². The first-order chi connectivity index (χ1) is 8.86. The Morgan fingerprint density at radius 1 is 1.21 bits per heavy atom. The second-order valence-corrected chi connectivity index (χ2v) is 6.09. The molecule has 1 aromatic heterocycles. The van der Waals surface area contributed by atoms with Gasteiger partial charge in [-0.3, -0.25) is 0 Å². The van der Waals surface area contributed by atoms with Crippen molar-refractivity contribution in [3.8, 4) is 0 Å². The molecule has 1 aromatic carbocycles. The van der Waals surface area contributed by atoms with Crippen molar-refractivity contribution >= 4 is 38.9 Å². The lowest BCUT2D eigenvalue weighted by atomic mass is 10.3. The van der Waals surface area contributed by atoms with Crippen LogP contribution in [0.25, 0.3) is 0 Å². The van der Waals surface area contributed by atoms with Gasteiger partial charge in [-0.1, -0.05) is 11.6 Å². The number of hydrogen-bond acceptors (Lipinski definition) is 4. The summed E-state index contributed by atoms with van der Waals surface area (Å²) in [6.07, 6.45) is 0. The number of rotatable bonds is 4. The minimum absolute atomic E-state index is 0.0168. The molecule has 0 unspecified atom stereocenters. The Labute approximate surface area is 120 Å². The summed E-state index contributed by atoms with van der Waals surface area (Å²) in [5.74, 6) is 0.599. The van der Waals surface area contributed by atoms with E-state index in [0.29, 0.717) is 23.0 Å². The molecule has 0 aliphatic carbocycles. The topological polar surface area (TPSA) is 85.3 Å². The van der Waals surface area contributed by atoms with Gasteiger partial charge in [0, 0.05) is 0 Å². The van der Waals surface area contributed by atoms with Crippen LogP contribution in [0, 0.1) is 0 Å². The molecule has 0 radical (unpaired) electrons. The number of furan rings is 1. The molecule has 0 saturated heterocycles. The highest BCUT2D eigenvalue weighted by Gasteiger charge is 2.11. The van der Waals surface area contributed by atoms with Crippen LogP contribution >= 0.6 is 23.2 Å². The third-order valence-electron chi connectivity index (χ3n) is 2.35. The molecule has 0 saturated carbocycles. The van der Waals surface area contributed by atoms with E-state index in [-0.39, 0.29) is 10.1 Å². The summed E-state index contributed by atoms with van der Waals surface area (Å²) in [5.41, 5.74) is 0.445. The number of nitrogens with two attached hydrogens (primary N) is 1. The van der Waals surface area contributed by atoms with Crippen LogP contribution in [0.2, 0.25) is 10.2 Å². The molecule has 102 valence electrons. The van der Waals surface area contributed by atoms with Crippen LogP contribution in [0.3, 0.4) is 0 Å². The number of anilines is 1. The van der Waals surface area contributed by atoms with Crippen molar-refractivity contribution < 1.29 is 12.8 Å². The van der Waals surface area contributed by atoms with Crippen molar-refractivity contribution in [2.45, 2.75) is 11.4 Å². The van der Waals surface area contributed by atoms with Crippen molar-refractivity contribution in [3.05, 3.63) is 46.3 Å². The maximum atomic E-state index is 11.2. The van der Waals surface area contributed by atoms with E-state index in [1.807, 2.05) is 0 Å². The summed E-state index contributed by atoms with van der Waals surface area (Å²) in [4.78, 5) is -0.0168. The number of benzene rings is 1. The van der Waals surface area contributed by atoms with Crippen LogP contribution in [0.1, 0.15) is 5.76 Å². The summed E-state index contributed by atoms with van der Waals surface area (Å²) in [7, 11) is -3.76. The molecule has 3 N–H and O–H groups in total. The summed E-state index contributed by atoms with van der Waals surface area (Å²) in [6, 6.07) is 7.47. The normalized spacial score (nSPS) is 11.5. The molecule has 1 heterocycles. The van der Waals surface area contributed by atoms with Gasteiger partial charge in [-0.05, 0) is 41.9 Å². The monoisotopic (exact) mass is 320 g/mol. The van der Waals surface area contributed by atoms with Gasteiger partial charge < -0.3 is 9.73 Å². The fourth-order valence-corrected chi connectivity index (χ4v) is 2.33. The lowest BCUT2D eigenvalue weighted by molar-refractivity contribution is 0.520. The van der Waals surface area contributed by atoms with Crippen LogP contribution in [0.4, 0.5) is 5.69 Å². The molecule has 0 bridgehead atoms. The van der Waals surface area contributed by atoms with E-state index < -0.39 is 10.0 Å². The highest BCUT2D eigenvalue weighted by atomic mass is 35.5. The molecule has 2 rings (SSSR count). The summed E-state index contributed by atoms with van der Waals surface area (Å²) in [6.45, 7) is 0.320. The molecule has 0 aliphatic heterocycles. The van der Waals surface area contributed by atoms with E-state index in [1.54, 1.807) is 12.1 Å². The van der Waals surface area contributed by atoms with E-state index in [1.165, 1.54) is 18.2 Å². The van der Waals surface area contributed by atoms with Crippen LogP contribution in [0.5, 0.6) is 0 Å². The molecular formula is C11H10Cl2N2O3S. The van der Waals surface area contributed by atoms with Gasteiger partial charge in [-0.2, -0.15) is 0 Å². The molecular weight excluding hydrogens is 311 g/mol. The Hall–Kier alpha value is -1.21. The number of sulfonamides is 1. The van der Waals surface area contributed by atoms with E-state index in [2.05, 4.69) is 5.32 Å². The Balaban J connectivity index is 2.20. The predicted octanol–water partition coefficient (Wildman–Crippen LogP) is 2.85. The van der Waals surface area contributed by atoms with Gasteiger partial charge >= 0.3 is 0 Å². The van der Waals surface area contributed by atoms with Gasteiger partial charge in [-0.25, -0.2) is 13.6 Å². The minimum atomic E-state index is -3.76. The standard InChI is InChI=1S/C11H10Cl2N2O3S/c12-9-3-2-8(19(14,16)17)5-10(9)15-6-7-1-4-11(13)18-7/h1-5,15H,6H2,(H2,14,16,17). The fourth-order valence-electron chi connectivity index (χ4n) is 1.45. The van der Waals surface area contributed by atoms with Gasteiger partial charge in [0.2, 0.25) is 10.0 Å². The van der Waals surface area contributed by atoms with Crippen molar-refractivity contribution in [1.29, 1.82) is 0 Å². The van der Waals surface area contributed by atoms with Gasteiger partial charge in [0.05, 0.1) is 22.2 Å². The molecule has 0 spiro atoms. The smallest absolute Gasteiger partial charge is 0.238 e. The summed E-state index contributed by atoms with van der Waals surface area (Å²) < 4.78 is 27.6. The van der Waals surface area contributed by atoms with Crippen LogP contribution < -0.4 is 10.5 Å². The third kappa shape index (κ3) is 3.63. The Morgan fingerprint density at radius 2 is 1.95 bits per heavy atom. The quantitative estimate of drug-likeness (QED) is 0.907. The molecule has 0 fully saturated rings. The van der Waals surface area contributed by atoms with Crippen molar-refractivity contribution in [2.24, 2.45) is 5.14 Å². The predicted molar refractivity (Wildman–Crippen MR) is 73.9 cm³/mol. The zero-order valence-electron chi connectivity index (χ0n) is 9.56. The molecule has 19 heavy (non-hydrogen) atoms. The molecule has 8 heteroatoms. The second kappa shape index (κ2) is 5.42. The highest BCUT2D eigenvalue weighted by Crippen LogP contribution is 2.25. The number of primary sulfonamides is 1. The Morgan fingerprint density at radius 3 is 2.53 bits per heavy atom. The van der Waals surface area contributed by atoms with E-state index in [4.69, 9.17) is 32.8 Å². The van der Waals surface area contributed by atoms with Crippen LogP contribution in [-0.4, -0.2) is 8.42 Å². The first-order valence-corrected chi connectivity index (χ1v) is 7.47. The molecule has 0 atom stereocenters. The number of nitrogens with one attached hydrogen (secondary N) is 1. The highest BCUT2D eigenvalue weighted by molar-refractivity contribution is 7.89. The summed E-state index contributed by atoms with van der Waals surface area (Å²) >= 11 is 11.6. The van der Waals surface area contributed by atoms with Crippen LogP contribution in [-0.2, 0) is 16.6 Å². The molecule has 0 aliphatic rings. The van der Waals surface area contributed by atoms with Gasteiger partial charge in [0.1, 0.15) is 5.76 Å². The SMILES string of the molecule is NS(=O)(=O)c1ccc(Cl)c(NCc2ccc(Cl)o2)c1. The zero-order chi connectivity index (χ0) is 14.0. The van der Waals surface area contributed by atoms with Gasteiger partial charge in [0.15, 0.2) is 5.22 Å². The van der Waals surface area contributed by atoms with Crippen molar-refractivity contribution in [1.82, 2.24) is 0 Å². The largest absolute Gasteiger partial charge is 0.448 e. The van der Waals surface area contributed by atoms with Crippen molar-refractivity contribution in [3.63, 3.8) is 0 Å². The van der Waals surface area contributed by atoms with Crippen LogP contribution in [0.15, 0.2) is 39.6 Å². The van der Waals surface area contributed by atoms with Gasteiger partial charge in [0.25, 0.3) is 0 Å². The minimum Gasteiger partial charge on any atom is -0.448 e. The first-order valence-electron chi connectivity index (χ1n) is 5.17. The third-order valence-corrected chi connectivity index (χ3v) is 3.79. The molecule has 0 amide bonds. The second-order valence-electron chi connectivity index (χ2n) is 3.75. The van der Waals surface area contributed by atoms with E-state index in [9.17, 15) is 8.42 Å². The summed E-state index contributed by atoms with van der Waals surface area (Å²) in [5, 5.41) is 8.66. The Bertz CT molecular complexity index is 698. The lowest BCUT2D eigenvalue weighted by Gasteiger charge is -2.08. The fraction of sp³-hybridized carbons (Fsp3) is 0.0909. The maximum absolute atomic E-state index is 11.2. The maximum Gasteiger partial charge on any atom is 0.238 e. The molecule has 2 aromatic rings. The number of halogens is 2. The zero-order valence-corrected chi connectivity index (χ0v) is 11.9. The lowest BCUT2D eigenvalue weighted by Crippen LogP contribution is -2.12. The van der Waals surface area contributed by atoms with E-state index >= 15 is 0 Å². The van der Waals surface area contributed by atoms with E-state index in [0.717, 1.165) is 0 Å². The first kappa shape index (κ1) is 14.2. The van der Waals surface area contributed by atoms with Crippen molar-refractivity contribution in [2.75, 3.05) is 5.32 Å². The Kier molecular flexibility index (Phi) is 4.05.